The molecule has 1 amide bonds. The van der Waals surface area contributed by atoms with Crippen molar-refractivity contribution in [3.63, 3.8) is 0 Å². The molecule has 1 aliphatic rings. The second-order valence-corrected chi connectivity index (χ2v) is 6.34. The van der Waals surface area contributed by atoms with E-state index in [4.69, 9.17) is 0 Å². The van der Waals surface area contributed by atoms with Crippen LogP contribution in [0.5, 0.6) is 0 Å². The van der Waals surface area contributed by atoms with Gasteiger partial charge in [-0.1, -0.05) is 42.1 Å². The number of hydrogen-bond donors (Lipinski definition) is 1. The van der Waals surface area contributed by atoms with Crippen molar-refractivity contribution in [1.29, 1.82) is 0 Å². The molecule has 1 aliphatic heterocycles. The maximum Gasteiger partial charge on any atom is 0.225 e. The molecule has 1 saturated heterocycles. The summed E-state index contributed by atoms with van der Waals surface area (Å²) in [6.07, 6.45) is -0.257. The summed E-state index contributed by atoms with van der Waals surface area (Å²) in [5.41, 5.74) is 1.09. The first-order valence-corrected chi connectivity index (χ1v) is 7.80. The van der Waals surface area contributed by atoms with Crippen LogP contribution in [0.4, 0.5) is 0 Å². The number of carbonyl (C=O) groups is 1. The van der Waals surface area contributed by atoms with E-state index < -0.39 is 6.10 Å². The highest BCUT2D eigenvalue weighted by atomic mass is 32.2. The zero-order chi connectivity index (χ0) is 14.7. The lowest BCUT2D eigenvalue weighted by Crippen LogP contribution is -2.25. The molecule has 1 unspecified atom stereocenters. The van der Waals surface area contributed by atoms with Crippen molar-refractivity contribution in [2.75, 3.05) is 6.54 Å². The third-order valence-corrected chi connectivity index (χ3v) is 4.49. The summed E-state index contributed by atoms with van der Waals surface area (Å²) in [5, 5.41) is 9.49. The van der Waals surface area contributed by atoms with E-state index in [9.17, 15) is 9.90 Å². The van der Waals surface area contributed by atoms with Gasteiger partial charge in [-0.3, -0.25) is 4.79 Å². The Labute approximate surface area is 128 Å². The number of rotatable bonds is 4. The summed E-state index contributed by atoms with van der Waals surface area (Å²) in [6, 6.07) is 18.5. The van der Waals surface area contributed by atoms with Gasteiger partial charge in [0.1, 0.15) is 0 Å². The van der Waals surface area contributed by atoms with Gasteiger partial charge in [-0.05, 0) is 29.8 Å². The number of carbonyl (C=O) groups excluding carboxylic acids is 1. The lowest BCUT2D eigenvalue weighted by molar-refractivity contribution is -0.128. The fourth-order valence-corrected chi connectivity index (χ4v) is 3.25. The van der Waals surface area contributed by atoms with Gasteiger partial charge in [0.15, 0.2) is 0 Å². The largest absolute Gasteiger partial charge is 0.391 e. The Hall–Kier alpha value is -1.78. The quantitative estimate of drug-likeness (QED) is 0.943. The summed E-state index contributed by atoms with van der Waals surface area (Å²) >= 11 is 1.72. The minimum Gasteiger partial charge on any atom is -0.391 e. The topological polar surface area (TPSA) is 40.5 Å². The third kappa shape index (κ3) is 3.65. The highest BCUT2D eigenvalue weighted by Crippen LogP contribution is 2.27. The van der Waals surface area contributed by atoms with Crippen LogP contribution in [0.3, 0.4) is 0 Å². The summed E-state index contributed by atoms with van der Waals surface area (Å²) < 4.78 is 0. The number of aliphatic hydroxyl groups is 1. The first-order chi connectivity index (χ1) is 10.2. The minimum atomic E-state index is -0.509. The van der Waals surface area contributed by atoms with E-state index in [2.05, 4.69) is 24.3 Å². The number of aliphatic hydroxyl groups excluding tert-OH is 1. The van der Waals surface area contributed by atoms with E-state index in [1.165, 1.54) is 9.79 Å². The Morgan fingerprint density at radius 1 is 1.05 bits per heavy atom. The zero-order valence-electron chi connectivity index (χ0n) is 11.6. The van der Waals surface area contributed by atoms with Gasteiger partial charge in [0, 0.05) is 22.9 Å². The number of β-amino-alcohol motifs (C(OH)–C–C–N with tert-alkyl or cyclic N) is 1. The zero-order valence-corrected chi connectivity index (χ0v) is 12.4. The first kappa shape index (κ1) is 14.2. The lowest BCUT2D eigenvalue weighted by atomic mass is 10.2. The Morgan fingerprint density at radius 2 is 1.71 bits per heavy atom. The summed E-state index contributed by atoms with van der Waals surface area (Å²) in [6.45, 7) is 1.02. The fraction of sp³-hybridized carbons (Fsp3) is 0.235. The number of hydrogen-bond acceptors (Lipinski definition) is 3. The minimum absolute atomic E-state index is 0.0326. The van der Waals surface area contributed by atoms with Crippen molar-refractivity contribution < 1.29 is 9.90 Å². The SMILES string of the molecule is O=C1CC(O)CN1Cc1ccc(Sc2ccccc2)cc1. The van der Waals surface area contributed by atoms with Crippen LogP contribution in [0.2, 0.25) is 0 Å². The molecule has 0 radical (unpaired) electrons. The van der Waals surface area contributed by atoms with E-state index in [0.717, 1.165) is 5.56 Å². The van der Waals surface area contributed by atoms with Crippen LogP contribution in [0.25, 0.3) is 0 Å². The van der Waals surface area contributed by atoms with E-state index in [1.807, 2.05) is 30.3 Å². The van der Waals surface area contributed by atoms with Crippen LogP contribution in [0, 0.1) is 0 Å². The van der Waals surface area contributed by atoms with Crippen molar-refractivity contribution >= 4 is 17.7 Å². The van der Waals surface area contributed by atoms with Crippen LogP contribution >= 0.6 is 11.8 Å². The Bertz CT molecular complexity index is 612. The molecule has 1 fully saturated rings. The van der Waals surface area contributed by atoms with Gasteiger partial charge >= 0.3 is 0 Å². The van der Waals surface area contributed by atoms with Gasteiger partial charge in [-0.2, -0.15) is 0 Å². The monoisotopic (exact) mass is 299 g/mol. The Balaban J connectivity index is 1.63. The van der Waals surface area contributed by atoms with Crippen molar-refractivity contribution in [2.24, 2.45) is 0 Å². The Kier molecular flexibility index (Phi) is 4.27. The highest BCUT2D eigenvalue weighted by Gasteiger charge is 2.27. The van der Waals surface area contributed by atoms with Gasteiger partial charge in [-0.25, -0.2) is 0 Å². The number of amides is 1. The normalized spacial score (nSPS) is 18.2. The van der Waals surface area contributed by atoms with Crippen LogP contribution < -0.4 is 0 Å². The molecule has 2 aromatic rings. The van der Waals surface area contributed by atoms with E-state index in [1.54, 1.807) is 16.7 Å². The molecule has 0 bridgehead atoms. The molecule has 0 aromatic heterocycles. The van der Waals surface area contributed by atoms with Crippen molar-refractivity contribution in [3.8, 4) is 0 Å². The molecule has 0 aliphatic carbocycles. The molecule has 3 rings (SSSR count). The average Bonchev–Trinajstić information content (AvgIpc) is 2.80. The van der Waals surface area contributed by atoms with E-state index in [0.29, 0.717) is 13.1 Å². The molecule has 108 valence electrons. The predicted molar refractivity (Wildman–Crippen MR) is 83.0 cm³/mol. The fourth-order valence-electron chi connectivity index (χ4n) is 2.41. The molecule has 2 aromatic carbocycles. The average molecular weight is 299 g/mol. The van der Waals surface area contributed by atoms with Gasteiger partial charge < -0.3 is 10.0 Å². The smallest absolute Gasteiger partial charge is 0.225 e. The maximum absolute atomic E-state index is 11.7. The van der Waals surface area contributed by atoms with Crippen LogP contribution in [-0.4, -0.2) is 28.6 Å². The molecule has 4 heteroatoms. The first-order valence-electron chi connectivity index (χ1n) is 6.98. The van der Waals surface area contributed by atoms with Gasteiger partial charge in [0.2, 0.25) is 5.91 Å². The van der Waals surface area contributed by atoms with Crippen molar-refractivity contribution in [2.45, 2.75) is 28.9 Å². The second kappa shape index (κ2) is 6.33. The van der Waals surface area contributed by atoms with Crippen molar-refractivity contribution in [1.82, 2.24) is 4.90 Å². The molecule has 21 heavy (non-hydrogen) atoms. The molecule has 3 nitrogen and oxygen atoms in total. The Morgan fingerprint density at radius 3 is 2.33 bits per heavy atom. The second-order valence-electron chi connectivity index (χ2n) is 5.19. The highest BCUT2D eigenvalue weighted by molar-refractivity contribution is 7.99. The summed E-state index contributed by atoms with van der Waals surface area (Å²) in [7, 11) is 0. The van der Waals surface area contributed by atoms with E-state index >= 15 is 0 Å². The molecular formula is C17H17NO2S. The molecule has 0 spiro atoms. The standard InChI is InChI=1S/C17H17NO2S/c19-14-10-17(20)18(12-14)11-13-6-8-16(9-7-13)21-15-4-2-1-3-5-15/h1-9,14,19H,10-12H2. The summed E-state index contributed by atoms with van der Waals surface area (Å²) in [5.74, 6) is 0.0326. The van der Waals surface area contributed by atoms with Gasteiger partial charge in [0.25, 0.3) is 0 Å². The lowest BCUT2D eigenvalue weighted by Gasteiger charge is -2.15. The maximum atomic E-state index is 11.7. The van der Waals surface area contributed by atoms with Gasteiger partial charge in [0.05, 0.1) is 12.5 Å². The molecule has 1 N–H and O–H groups in total. The molecule has 0 saturated carbocycles. The van der Waals surface area contributed by atoms with Crippen molar-refractivity contribution in [3.05, 3.63) is 60.2 Å². The van der Waals surface area contributed by atoms with Crippen LogP contribution in [0.15, 0.2) is 64.4 Å². The molecule has 1 heterocycles. The van der Waals surface area contributed by atoms with Crippen LogP contribution in [-0.2, 0) is 11.3 Å². The van der Waals surface area contributed by atoms with Crippen LogP contribution in [0.1, 0.15) is 12.0 Å². The number of nitrogens with zero attached hydrogens (tertiary/aromatic N) is 1. The number of likely N-dealkylation sites (tertiary alicyclic amines) is 1. The molecule has 1 atom stereocenters. The predicted octanol–water partition coefficient (Wildman–Crippen LogP) is 2.93. The van der Waals surface area contributed by atoms with E-state index in [-0.39, 0.29) is 12.3 Å². The number of benzene rings is 2. The van der Waals surface area contributed by atoms with Gasteiger partial charge in [-0.15, -0.1) is 0 Å². The third-order valence-electron chi connectivity index (χ3n) is 3.47. The summed E-state index contributed by atoms with van der Waals surface area (Å²) in [4.78, 5) is 15.8. The molecular weight excluding hydrogens is 282 g/mol.